The summed E-state index contributed by atoms with van der Waals surface area (Å²) in [7, 11) is 1.75. The fraction of sp³-hybridized carbons (Fsp3) is 0.321. The lowest BCUT2D eigenvalue weighted by atomic mass is 9.89. The molecule has 3 aromatic heterocycles. The highest BCUT2D eigenvalue weighted by Crippen LogP contribution is 2.31. The van der Waals surface area contributed by atoms with E-state index in [0.29, 0.717) is 22.9 Å². The van der Waals surface area contributed by atoms with Gasteiger partial charge in [0.25, 0.3) is 5.56 Å². The molecule has 0 atom stereocenters. The van der Waals surface area contributed by atoms with E-state index < -0.39 is 0 Å². The predicted octanol–water partition coefficient (Wildman–Crippen LogP) is 4.45. The Morgan fingerprint density at radius 1 is 1.17 bits per heavy atom. The summed E-state index contributed by atoms with van der Waals surface area (Å²) in [6, 6.07) is 14.3. The van der Waals surface area contributed by atoms with Crippen molar-refractivity contribution in [2.45, 2.75) is 25.7 Å². The highest BCUT2D eigenvalue weighted by molar-refractivity contribution is 5.95. The number of benzene rings is 1. The van der Waals surface area contributed by atoms with Gasteiger partial charge < -0.3 is 25.7 Å². The highest BCUT2D eigenvalue weighted by atomic mass is 16.5. The van der Waals surface area contributed by atoms with E-state index in [1.165, 1.54) is 5.56 Å². The van der Waals surface area contributed by atoms with E-state index in [2.05, 4.69) is 44.5 Å². The van der Waals surface area contributed by atoms with Crippen molar-refractivity contribution in [3.8, 4) is 11.3 Å². The van der Waals surface area contributed by atoms with Crippen LogP contribution in [-0.2, 0) is 4.74 Å². The lowest BCUT2D eigenvalue weighted by Gasteiger charge is -2.32. The van der Waals surface area contributed by atoms with Crippen molar-refractivity contribution in [1.29, 1.82) is 0 Å². The summed E-state index contributed by atoms with van der Waals surface area (Å²) in [6.07, 6.45) is 5.66. The zero-order chi connectivity index (χ0) is 25.1. The number of rotatable bonds is 7. The largest absolute Gasteiger partial charge is 0.383 e. The van der Waals surface area contributed by atoms with Gasteiger partial charge in [0, 0.05) is 37.3 Å². The van der Waals surface area contributed by atoms with Crippen LogP contribution in [0.25, 0.3) is 22.0 Å². The Morgan fingerprint density at radius 2 is 1.94 bits per heavy atom. The molecule has 4 heterocycles. The average molecular weight is 485 g/mol. The molecule has 1 aromatic carbocycles. The molecule has 0 unspecified atom stereocenters. The number of nitrogens with one attached hydrogen (secondary N) is 2. The molecule has 0 amide bonds. The molecule has 36 heavy (non-hydrogen) atoms. The number of piperidine rings is 1. The minimum absolute atomic E-state index is 0.183. The minimum atomic E-state index is -0.183. The van der Waals surface area contributed by atoms with Crippen LogP contribution in [-0.4, -0.2) is 53.2 Å². The van der Waals surface area contributed by atoms with Crippen molar-refractivity contribution < 1.29 is 4.74 Å². The minimum Gasteiger partial charge on any atom is -0.383 e. The summed E-state index contributed by atoms with van der Waals surface area (Å²) >= 11 is 0. The Kier molecular flexibility index (Phi) is 6.97. The molecule has 1 saturated heterocycles. The number of hydrogen-bond donors (Lipinski definition) is 3. The lowest BCUT2D eigenvalue weighted by Crippen LogP contribution is -2.35. The van der Waals surface area contributed by atoms with Crippen molar-refractivity contribution >= 4 is 28.1 Å². The van der Waals surface area contributed by atoms with Gasteiger partial charge in [0.2, 0.25) is 0 Å². The molecule has 0 spiro atoms. The number of aromatic nitrogens is 3. The van der Waals surface area contributed by atoms with Crippen LogP contribution in [0, 0.1) is 6.92 Å². The molecule has 8 heteroatoms. The Labute approximate surface area is 210 Å². The molecular formula is C28H32N6O2. The van der Waals surface area contributed by atoms with Crippen LogP contribution in [0.1, 0.15) is 29.9 Å². The van der Waals surface area contributed by atoms with E-state index in [-0.39, 0.29) is 5.56 Å². The molecule has 1 aliphatic heterocycles. The first-order valence-electron chi connectivity index (χ1n) is 12.3. The van der Waals surface area contributed by atoms with Gasteiger partial charge in [-0.2, -0.15) is 0 Å². The maximum atomic E-state index is 12.7. The highest BCUT2D eigenvalue weighted by Gasteiger charge is 2.20. The van der Waals surface area contributed by atoms with E-state index in [9.17, 15) is 4.79 Å². The molecule has 8 nitrogen and oxygen atoms in total. The van der Waals surface area contributed by atoms with Crippen molar-refractivity contribution in [3.63, 3.8) is 0 Å². The number of aromatic amines is 1. The standard InChI is InChI=1S/C28H32N6O2/c1-18-15-22(17-31-26(18)29)24-16-21-7-10-30-28(35)25(21)27(33-24)32-23-5-3-19(4-6-23)20-8-11-34(12-9-20)13-14-36-2/h3-7,10,15-17,20H,8-9,11-14H2,1-2H3,(H2,29,31)(H,30,35)(H,32,33). The second kappa shape index (κ2) is 10.5. The Hall–Kier alpha value is -3.75. The van der Waals surface area contributed by atoms with Crippen molar-refractivity contribution in [1.82, 2.24) is 19.9 Å². The van der Waals surface area contributed by atoms with Gasteiger partial charge in [-0.25, -0.2) is 9.97 Å². The molecule has 1 aliphatic rings. The SMILES string of the molecule is COCCN1CCC(c2ccc(Nc3nc(-c4cnc(N)c(C)c4)cc4cc[nH]c(=O)c34)cc2)CC1. The zero-order valence-electron chi connectivity index (χ0n) is 20.8. The molecule has 4 aromatic rings. The average Bonchev–Trinajstić information content (AvgIpc) is 2.90. The third kappa shape index (κ3) is 5.10. The maximum absolute atomic E-state index is 12.7. The number of aryl methyl sites for hydroxylation is 1. The summed E-state index contributed by atoms with van der Waals surface area (Å²) in [5.41, 5.74) is 10.4. The van der Waals surface area contributed by atoms with Crippen LogP contribution >= 0.6 is 0 Å². The van der Waals surface area contributed by atoms with Gasteiger partial charge in [-0.1, -0.05) is 12.1 Å². The Bertz CT molecular complexity index is 1410. The van der Waals surface area contributed by atoms with Gasteiger partial charge in [-0.05, 0) is 85.6 Å². The molecule has 0 radical (unpaired) electrons. The number of pyridine rings is 3. The van der Waals surface area contributed by atoms with E-state index in [1.807, 2.05) is 25.1 Å². The van der Waals surface area contributed by atoms with Gasteiger partial charge >= 0.3 is 0 Å². The van der Waals surface area contributed by atoms with E-state index >= 15 is 0 Å². The number of H-pyrrole nitrogens is 1. The van der Waals surface area contributed by atoms with Crippen LogP contribution in [0.2, 0.25) is 0 Å². The molecule has 1 fully saturated rings. The first kappa shape index (κ1) is 24.0. The van der Waals surface area contributed by atoms with Crippen LogP contribution in [0.15, 0.2) is 59.7 Å². The molecule has 0 saturated carbocycles. The quantitative estimate of drug-likeness (QED) is 0.356. The first-order valence-corrected chi connectivity index (χ1v) is 12.3. The maximum Gasteiger partial charge on any atom is 0.259 e. The Balaban J connectivity index is 1.40. The number of ether oxygens (including phenoxy) is 1. The summed E-state index contributed by atoms with van der Waals surface area (Å²) in [5.74, 6) is 1.57. The van der Waals surface area contributed by atoms with E-state index in [4.69, 9.17) is 15.5 Å². The molecule has 5 rings (SSSR count). The van der Waals surface area contributed by atoms with Crippen LogP contribution < -0.4 is 16.6 Å². The number of hydrogen-bond acceptors (Lipinski definition) is 7. The van der Waals surface area contributed by atoms with Crippen LogP contribution in [0.4, 0.5) is 17.3 Å². The fourth-order valence-corrected chi connectivity index (χ4v) is 4.86. The number of nitrogens with zero attached hydrogens (tertiary/aromatic N) is 3. The van der Waals surface area contributed by atoms with Crippen molar-refractivity contribution in [3.05, 3.63) is 76.3 Å². The fourth-order valence-electron chi connectivity index (χ4n) is 4.86. The van der Waals surface area contributed by atoms with Gasteiger partial charge in [0.15, 0.2) is 0 Å². The van der Waals surface area contributed by atoms with Gasteiger partial charge in [0.1, 0.15) is 11.6 Å². The number of anilines is 3. The summed E-state index contributed by atoms with van der Waals surface area (Å²) in [6.45, 7) is 5.89. The number of nitrogens with two attached hydrogens (primary N) is 1. The van der Waals surface area contributed by atoms with Gasteiger partial charge in [-0.15, -0.1) is 0 Å². The molecular weight excluding hydrogens is 452 g/mol. The number of nitrogen functional groups attached to an aromatic ring is 1. The third-order valence-corrected chi connectivity index (χ3v) is 7.01. The number of methoxy groups -OCH3 is 1. The second-order valence-electron chi connectivity index (χ2n) is 9.41. The monoisotopic (exact) mass is 484 g/mol. The van der Waals surface area contributed by atoms with Crippen molar-refractivity contribution in [2.75, 3.05) is 44.4 Å². The summed E-state index contributed by atoms with van der Waals surface area (Å²) in [4.78, 5) is 27.0. The normalized spacial score (nSPS) is 14.8. The van der Waals surface area contributed by atoms with Crippen molar-refractivity contribution in [2.24, 2.45) is 0 Å². The Morgan fingerprint density at radius 3 is 2.67 bits per heavy atom. The molecule has 0 bridgehead atoms. The summed E-state index contributed by atoms with van der Waals surface area (Å²) < 4.78 is 5.21. The molecule has 4 N–H and O–H groups in total. The third-order valence-electron chi connectivity index (χ3n) is 7.01. The smallest absolute Gasteiger partial charge is 0.259 e. The predicted molar refractivity (Wildman–Crippen MR) is 145 cm³/mol. The van der Waals surface area contributed by atoms with Crippen LogP contribution in [0.3, 0.4) is 0 Å². The molecule has 186 valence electrons. The first-order chi connectivity index (χ1) is 17.5. The number of likely N-dealkylation sites (tertiary alicyclic amines) is 1. The second-order valence-corrected chi connectivity index (χ2v) is 9.41. The van der Waals surface area contributed by atoms with Crippen LogP contribution in [0.5, 0.6) is 0 Å². The van der Waals surface area contributed by atoms with Gasteiger partial charge in [0.05, 0.1) is 17.7 Å². The van der Waals surface area contributed by atoms with E-state index in [0.717, 1.165) is 67.0 Å². The summed E-state index contributed by atoms with van der Waals surface area (Å²) in [5, 5.41) is 4.71. The zero-order valence-corrected chi connectivity index (χ0v) is 20.8. The van der Waals surface area contributed by atoms with Gasteiger partial charge in [-0.3, -0.25) is 4.79 Å². The topological polar surface area (TPSA) is 109 Å². The molecule has 0 aliphatic carbocycles. The lowest BCUT2D eigenvalue weighted by molar-refractivity contribution is 0.130. The van der Waals surface area contributed by atoms with E-state index in [1.54, 1.807) is 19.5 Å². The number of fused-ring (bicyclic) bond motifs is 1.